The van der Waals surface area contributed by atoms with Crippen molar-refractivity contribution < 1.29 is 32.2 Å². The largest absolute Gasteiger partial charge is 0.495 e. The Morgan fingerprint density at radius 3 is 2.36 bits per heavy atom. The molecule has 1 aliphatic rings. The third kappa shape index (κ3) is 9.23. The topological polar surface area (TPSA) is 106 Å². The molecule has 1 aromatic heterocycles. The molecule has 4 rings (SSSR count). The van der Waals surface area contributed by atoms with E-state index in [0.717, 1.165) is 31.4 Å². The van der Waals surface area contributed by atoms with Gasteiger partial charge in [-0.05, 0) is 88.8 Å². The molecule has 9 nitrogen and oxygen atoms in total. The summed E-state index contributed by atoms with van der Waals surface area (Å²) in [4.78, 5) is 24.1. The molecule has 1 fully saturated rings. The van der Waals surface area contributed by atoms with Gasteiger partial charge in [-0.15, -0.1) is 0 Å². The van der Waals surface area contributed by atoms with Crippen molar-refractivity contribution >= 4 is 34.3 Å². The van der Waals surface area contributed by atoms with Gasteiger partial charge in [-0.25, -0.2) is 4.79 Å². The molecule has 0 saturated heterocycles. The summed E-state index contributed by atoms with van der Waals surface area (Å²) in [7, 11) is 3.01. The van der Waals surface area contributed by atoms with Gasteiger partial charge in [0.2, 0.25) is 0 Å². The number of methoxy groups -OCH3 is 1. The van der Waals surface area contributed by atoms with Gasteiger partial charge in [0.1, 0.15) is 17.9 Å². The Morgan fingerprint density at radius 1 is 1.00 bits per heavy atom. The quantitative estimate of drug-likeness (QED) is 0.219. The Morgan fingerprint density at radius 2 is 1.71 bits per heavy atom. The number of hydrogen-bond donors (Lipinski definition) is 4. The number of hydrogen-bond acceptors (Lipinski definition) is 6. The highest BCUT2D eigenvalue weighted by atomic mass is 19.4. The number of ether oxygens (including phenoxy) is 2. The lowest BCUT2D eigenvalue weighted by atomic mass is 9.91. The van der Waals surface area contributed by atoms with Gasteiger partial charge in [0.05, 0.1) is 30.6 Å². The predicted molar refractivity (Wildman–Crippen MR) is 169 cm³/mol. The van der Waals surface area contributed by atoms with E-state index in [-0.39, 0.29) is 30.2 Å². The zero-order valence-electron chi connectivity index (χ0n) is 26.2. The molecule has 0 unspecified atom stereocenters. The van der Waals surface area contributed by atoms with Gasteiger partial charge < -0.3 is 35.3 Å². The predicted octanol–water partition coefficient (Wildman–Crippen LogP) is 6.28. The number of carbonyl (C=O) groups is 2. The second-order valence-corrected chi connectivity index (χ2v) is 12.0. The maximum Gasteiger partial charge on any atom is 0.407 e. The van der Waals surface area contributed by atoms with Gasteiger partial charge >= 0.3 is 12.3 Å². The minimum Gasteiger partial charge on any atom is -0.495 e. The number of halogens is 3. The summed E-state index contributed by atoms with van der Waals surface area (Å²) in [5, 5.41) is 12.8. The average Bonchev–Trinajstić information content (AvgIpc) is 3.31. The summed E-state index contributed by atoms with van der Waals surface area (Å²) in [6, 6.07) is 12.0. The monoisotopic (exact) mass is 627 g/mol. The highest BCUT2D eigenvalue weighted by molar-refractivity contribution is 5.95. The number of alkyl carbamates (subject to hydrolysis) is 1. The van der Waals surface area contributed by atoms with Gasteiger partial charge in [-0.2, -0.15) is 13.2 Å². The molecule has 1 aliphatic carbocycles. The average molecular weight is 628 g/mol. The Bertz CT molecular complexity index is 1580. The van der Waals surface area contributed by atoms with Crippen molar-refractivity contribution in [1.29, 1.82) is 0 Å². The van der Waals surface area contributed by atoms with Crippen LogP contribution in [0.4, 0.5) is 29.3 Å². The number of nitrogens with zero attached hydrogens (tertiary/aromatic N) is 1. The third-order valence-corrected chi connectivity index (χ3v) is 7.37. The standard InChI is InChI=1S/C33H40F3N5O4/c1-32(2,3)45-31(43)40-23-14-12-22(13-15-23)39-26-9-6-10-28-25(26)19-24(41(28)20-33(34,35)36)8-7-17-38-27-16-11-21(30(42)37-4)18-29(27)44-5/h6,9-11,16,18-19,22-23,38-39H,12-15,17,20H2,1-5H3,(H,37,42)(H,40,43). The van der Waals surface area contributed by atoms with Gasteiger partial charge in [0.25, 0.3) is 5.91 Å². The lowest BCUT2D eigenvalue weighted by molar-refractivity contribution is -0.140. The summed E-state index contributed by atoms with van der Waals surface area (Å²) >= 11 is 0. The van der Waals surface area contributed by atoms with Crippen LogP contribution in [0.3, 0.4) is 0 Å². The zero-order chi connectivity index (χ0) is 32.8. The fourth-order valence-corrected chi connectivity index (χ4v) is 5.34. The first kappa shape index (κ1) is 33.4. The first-order valence-electron chi connectivity index (χ1n) is 14.8. The van der Waals surface area contributed by atoms with Crippen molar-refractivity contribution in [2.24, 2.45) is 0 Å². The number of amides is 2. The Hall–Kier alpha value is -4.53. The highest BCUT2D eigenvalue weighted by Gasteiger charge is 2.30. The molecule has 0 bridgehead atoms. The van der Waals surface area contributed by atoms with Crippen LogP contribution in [0.25, 0.3) is 10.9 Å². The molecule has 1 saturated carbocycles. The van der Waals surface area contributed by atoms with Crippen LogP contribution >= 0.6 is 0 Å². The number of aromatic nitrogens is 1. The number of fused-ring (bicyclic) bond motifs is 1. The van der Waals surface area contributed by atoms with Crippen LogP contribution in [-0.2, 0) is 11.3 Å². The van der Waals surface area contributed by atoms with E-state index < -0.39 is 24.4 Å². The fourth-order valence-electron chi connectivity index (χ4n) is 5.34. The van der Waals surface area contributed by atoms with E-state index in [0.29, 0.717) is 27.9 Å². The van der Waals surface area contributed by atoms with Crippen LogP contribution in [0.15, 0.2) is 42.5 Å². The van der Waals surface area contributed by atoms with E-state index >= 15 is 0 Å². The molecule has 4 N–H and O–H groups in total. The van der Waals surface area contributed by atoms with Crippen LogP contribution in [0.2, 0.25) is 0 Å². The van der Waals surface area contributed by atoms with Gasteiger partial charge in [0, 0.05) is 35.8 Å². The van der Waals surface area contributed by atoms with Crippen molar-refractivity contribution in [1.82, 2.24) is 15.2 Å². The van der Waals surface area contributed by atoms with Crippen molar-refractivity contribution in [3.05, 3.63) is 53.7 Å². The van der Waals surface area contributed by atoms with E-state index in [1.165, 1.54) is 18.7 Å². The summed E-state index contributed by atoms with van der Waals surface area (Å²) in [6.07, 6.45) is -1.80. The van der Waals surface area contributed by atoms with E-state index in [1.807, 2.05) is 26.8 Å². The molecule has 1 heterocycles. The number of alkyl halides is 3. The number of nitrogens with one attached hydrogen (secondary N) is 4. The highest BCUT2D eigenvalue weighted by Crippen LogP contribution is 2.32. The molecule has 3 aromatic rings. The molecule has 12 heteroatoms. The molecule has 0 radical (unpaired) electrons. The van der Waals surface area contributed by atoms with E-state index in [9.17, 15) is 22.8 Å². The molecular weight excluding hydrogens is 587 g/mol. The van der Waals surface area contributed by atoms with E-state index in [2.05, 4.69) is 33.1 Å². The lowest BCUT2D eigenvalue weighted by Gasteiger charge is -2.31. The maximum absolute atomic E-state index is 13.6. The van der Waals surface area contributed by atoms with Gasteiger partial charge in [0.15, 0.2) is 0 Å². The summed E-state index contributed by atoms with van der Waals surface area (Å²) in [6.45, 7) is 4.41. The van der Waals surface area contributed by atoms with Crippen LogP contribution < -0.4 is 26.0 Å². The van der Waals surface area contributed by atoms with Crippen LogP contribution in [0.1, 0.15) is 62.5 Å². The molecule has 2 amide bonds. The third-order valence-electron chi connectivity index (χ3n) is 7.37. The van der Waals surface area contributed by atoms with Crippen molar-refractivity contribution in [3.63, 3.8) is 0 Å². The SMILES string of the molecule is CNC(=O)c1ccc(NCC#Cc2cc3c(NC4CCC(NC(=O)OC(C)(C)C)CC4)cccc3n2CC(F)(F)F)c(OC)c1. The molecule has 45 heavy (non-hydrogen) atoms. The molecule has 0 aliphatic heterocycles. The number of rotatable bonds is 8. The van der Waals surface area contributed by atoms with Gasteiger partial charge in [-0.3, -0.25) is 4.79 Å². The van der Waals surface area contributed by atoms with Crippen LogP contribution in [0, 0.1) is 11.8 Å². The smallest absolute Gasteiger partial charge is 0.407 e. The zero-order valence-corrected chi connectivity index (χ0v) is 26.2. The lowest BCUT2D eigenvalue weighted by Crippen LogP contribution is -2.42. The van der Waals surface area contributed by atoms with Gasteiger partial charge in [-0.1, -0.05) is 12.0 Å². The van der Waals surface area contributed by atoms with Crippen LogP contribution in [-0.4, -0.2) is 61.1 Å². The summed E-state index contributed by atoms with van der Waals surface area (Å²) < 4.78 is 52.9. The molecule has 2 aromatic carbocycles. The summed E-state index contributed by atoms with van der Waals surface area (Å²) in [5.74, 6) is 6.02. The molecule has 0 spiro atoms. The first-order chi connectivity index (χ1) is 21.3. The Kier molecular flexibility index (Phi) is 10.4. The second-order valence-electron chi connectivity index (χ2n) is 12.0. The minimum atomic E-state index is -4.44. The second kappa shape index (κ2) is 14.1. The minimum absolute atomic E-state index is 0.00536. The fraction of sp³-hybridized carbons (Fsp3) is 0.455. The number of benzene rings is 2. The van der Waals surface area contributed by atoms with Crippen molar-refractivity contribution in [2.75, 3.05) is 31.3 Å². The number of carbonyl (C=O) groups excluding carboxylic acids is 2. The Labute approximate surface area is 261 Å². The van der Waals surface area contributed by atoms with E-state index in [4.69, 9.17) is 9.47 Å². The van der Waals surface area contributed by atoms with E-state index in [1.54, 1.807) is 36.4 Å². The normalized spacial score (nSPS) is 16.7. The first-order valence-corrected chi connectivity index (χ1v) is 14.8. The molecule has 0 atom stereocenters. The number of anilines is 2. The van der Waals surface area contributed by atoms with Crippen molar-refractivity contribution in [2.45, 2.75) is 76.9 Å². The Balaban J connectivity index is 1.48. The molecule has 242 valence electrons. The van der Waals surface area contributed by atoms with Crippen molar-refractivity contribution in [3.8, 4) is 17.6 Å². The maximum atomic E-state index is 13.6. The summed E-state index contributed by atoms with van der Waals surface area (Å²) in [5.41, 5.74) is 1.86. The van der Waals surface area contributed by atoms with Crippen LogP contribution in [0.5, 0.6) is 5.75 Å². The molecular formula is C33H40F3N5O4.